The topological polar surface area (TPSA) is 28.4 Å². The molecule has 1 aromatic rings. The Morgan fingerprint density at radius 3 is 2.93 bits per heavy atom. The van der Waals surface area contributed by atoms with Gasteiger partial charge >= 0.3 is 0 Å². The molecule has 0 spiro atoms. The first-order valence-electron chi connectivity index (χ1n) is 5.40. The van der Waals surface area contributed by atoms with Crippen LogP contribution in [0.15, 0.2) is 16.5 Å². The van der Waals surface area contributed by atoms with Crippen molar-refractivity contribution in [3.05, 3.63) is 23.1 Å². The Balaban J connectivity index is 1.64. The van der Waals surface area contributed by atoms with Crippen molar-refractivity contribution in [3.63, 3.8) is 0 Å². The maximum atomic E-state index is 5.70. The van der Waals surface area contributed by atoms with Gasteiger partial charge in [0.25, 0.3) is 0 Å². The molecule has 0 saturated heterocycles. The molecular formula is C11H17ClN2O. The smallest absolute Gasteiger partial charge is 0.193 e. The number of nitrogens with zero attached hydrogens (tertiary/aromatic N) is 1. The van der Waals surface area contributed by atoms with Gasteiger partial charge in [0, 0.05) is 19.1 Å². The lowest BCUT2D eigenvalue weighted by molar-refractivity contribution is 0.294. The van der Waals surface area contributed by atoms with Crippen LogP contribution in [0.1, 0.15) is 18.6 Å². The van der Waals surface area contributed by atoms with E-state index in [0.717, 1.165) is 31.4 Å². The van der Waals surface area contributed by atoms with Crippen LogP contribution in [-0.4, -0.2) is 31.1 Å². The summed E-state index contributed by atoms with van der Waals surface area (Å²) in [6.45, 7) is 2.91. The summed E-state index contributed by atoms with van der Waals surface area (Å²) in [6, 6.07) is 4.50. The molecule has 1 aliphatic rings. The van der Waals surface area contributed by atoms with E-state index in [1.165, 1.54) is 12.8 Å². The van der Waals surface area contributed by atoms with E-state index in [4.69, 9.17) is 16.0 Å². The summed E-state index contributed by atoms with van der Waals surface area (Å²) in [6.07, 6.45) is 2.69. The van der Waals surface area contributed by atoms with Crippen LogP contribution in [0, 0.1) is 0 Å². The fourth-order valence-electron chi connectivity index (χ4n) is 1.53. The number of likely N-dealkylation sites (N-methyl/N-ethyl adjacent to an activating group) is 1. The zero-order valence-electron chi connectivity index (χ0n) is 9.00. The maximum absolute atomic E-state index is 5.70. The van der Waals surface area contributed by atoms with E-state index in [9.17, 15) is 0 Å². The minimum absolute atomic E-state index is 0.467. The van der Waals surface area contributed by atoms with Crippen molar-refractivity contribution in [1.82, 2.24) is 10.2 Å². The van der Waals surface area contributed by atoms with Crippen LogP contribution >= 0.6 is 11.6 Å². The van der Waals surface area contributed by atoms with Gasteiger partial charge in [-0.2, -0.15) is 0 Å². The van der Waals surface area contributed by atoms with Crippen LogP contribution in [0.2, 0.25) is 5.22 Å². The molecular weight excluding hydrogens is 212 g/mol. The quantitative estimate of drug-likeness (QED) is 0.809. The molecule has 4 heteroatoms. The monoisotopic (exact) mass is 228 g/mol. The Kier molecular flexibility index (Phi) is 3.67. The van der Waals surface area contributed by atoms with Gasteiger partial charge in [-0.25, -0.2) is 0 Å². The maximum Gasteiger partial charge on any atom is 0.193 e. The zero-order valence-corrected chi connectivity index (χ0v) is 9.76. The van der Waals surface area contributed by atoms with E-state index in [1.807, 2.05) is 6.07 Å². The molecule has 15 heavy (non-hydrogen) atoms. The lowest BCUT2D eigenvalue weighted by Gasteiger charge is -2.15. The van der Waals surface area contributed by atoms with E-state index in [0.29, 0.717) is 5.22 Å². The van der Waals surface area contributed by atoms with Gasteiger partial charge in [0.05, 0.1) is 6.54 Å². The first-order valence-corrected chi connectivity index (χ1v) is 5.78. The van der Waals surface area contributed by atoms with Crippen molar-refractivity contribution in [1.29, 1.82) is 0 Å². The first kappa shape index (κ1) is 11.0. The second-order valence-electron chi connectivity index (χ2n) is 4.17. The standard InChI is InChI=1S/C11H17ClN2O/c1-14(7-6-13-9-2-3-9)8-10-4-5-11(12)15-10/h4-5,9,13H,2-3,6-8H2,1H3. The molecule has 0 unspecified atom stereocenters. The largest absolute Gasteiger partial charge is 0.448 e. The number of furan rings is 1. The van der Waals surface area contributed by atoms with E-state index < -0.39 is 0 Å². The van der Waals surface area contributed by atoms with Crippen molar-refractivity contribution in [3.8, 4) is 0 Å². The van der Waals surface area contributed by atoms with Crippen molar-refractivity contribution in [2.24, 2.45) is 0 Å². The number of halogens is 1. The summed E-state index contributed by atoms with van der Waals surface area (Å²) in [5, 5.41) is 3.95. The summed E-state index contributed by atoms with van der Waals surface area (Å²) >= 11 is 5.70. The molecule has 1 N–H and O–H groups in total. The van der Waals surface area contributed by atoms with E-state index in [-0.39, 0.29) is 0 Å². The van der Waals surface area contributed by atoms with Gasteiger partial charge in [-0.1, -0.05) is 0 Å². The van der Waals surface area contributed by atoms with E-state index in [1.54, 1.807) is 6.07 Å². The van der Waals surface area contributed by atoms with Crippen LogP contribution in [0.5, 0.6) is 0 Å². The van der Waals surface area contributed by atoms with Gasteiger partial charge in [-0.05, 0) is 43.6 Å². The number of nitrogens with one attached hydrogen (secondary N) is 1. The molecule has 0 aliphatic heterocycles. The van der Waals surface area contributed by atoms with Gasteiger partial charge in [0.2, 0.25) is 0 Å². The lowest BCUT2D eigenvalue weighted by Crippen LogP contribution is -2.29. The highest BCUT2D eigenvalue weighted by Gasteiger charge is 2.19. The second-order valence-corrected chi connectivity index (χ2v) is 4.54. The second kappa shape index (κ2) is 5.01. The van der Waals surface area contributed by atoms with Crippen molar-refractivity contribution < 1.29 is 4.42 Å². The molecule has 1 saturated carbocycles. The lowest BCUT2D eigenvalue weighted by atomic mass is 10.4. The van der Waals surface area contributed by atoms with Crippen LogP contribution in [0.4, 0.5) is 0 Å². The third kappa shape index (κ3) is 3.86. The highest BCUT2D eigenvalue weighted by Crippen LogP contribution is 2.18. The SMILES string of the molecule is CN(CCNC1CC1)Cc1ccc(Cl)o1. The van der Waals surface area contributed by atoms with Crippen molar-refractivity contribution in [2.45, 2.75) is 25.4 Å². The minimum atomic E-state index is 0.467. The van der Waals surface area contributed by atoms with Crippen LogP contribution < -0.4 is 5.32 Å². The summed E-state index contributed by atoms with van der Waals surface area (Å²) in [5.74, 6) is 0.925. The van der Waals surface area contributed by atoms with Gasteiger partial charge in [0.15, 0.2) is 5.22 Å². The molecule has 2 rings (SSSR count). The molecule has 1 aromatic heterocycles. The molecule has 0 aromatic carbocycles. The zero-order chi connectivity index (χ0) is 10.7. The Morgan fingerprint density at radius 2 is 2.33 bits per heavy atom. The summed E-state index contributed by atoms with van der Waals surface area (Å²) in [4.78, 5) is 2.23. The predicted octanol–water partition coefficient (Wildman–Crippen LogP) is 2.12. The average molecular weight is 229 g/mol. The number of rotatable bonds is 6. The van der Waals surface area contributed by atoms with Crippen molar-refractivity contribution >= 4 is 11.6 Å². The molecule has 1 aliphatic carbocycles. The Labute approximate surface area is 95.4 Å². The molecule has 0 atom stereocenters. The third-order valence-electron chi connectivity index (χ3n) is 2.56. The van der Waals surface area contributed by atoms with Gasteiger partial charge in [-0.15, -0.1) is 0 Å². The Hall–Kier alpha value is -0.510. The van der Waals surface area contributed by atoms with Gasteiger partial charge in [-0.3, -0.25) is 4.90 Å². The predicted molar refractivity (Wildman–Crippen MR) is 61.1 cm³/mol. The molecule has 84 valence electrons. The summed E-state index contributed by atoms with van der Waals surface area (Å²) in [7, 11) is 2.09. The normalized spacial score (nSPS) is 16.2. The van der Waals surface area contributed by atoms with Crippen LogP contribution in [0.3, 0.4) is 0 Å². The number of hydrogen-bond acceptors (Lipinski definition) is 3. The van der Waals surface area contributed by atoms with E-state index >= 15 is 0 Å². The average Bonchev–Trinajstić information content (AvgIpc) is 2.91. The fraction of sp³-hybridized carbons (Fsp3) is 0.636. The van der Waals surface area contributed by atoms with Gasteiger partial charge in [0.1, 0.15) is 5.76 Å². The highest BCUT2D eigenvalue weighted by atomic mass is 35.5. The minimum Gasteiger partial charge on any atom is -0.448 e. The number of hydrogen-bond donors (Lipinski definition) is 1. The molecule has 1 heterocycles. The third-order valence-corrected chi connectivity index (χ3v) is 2.76. The summed E-state index contributed by atoms with van der Waals surface area (Å²) in [5.41, 5.74) is 0. The van der Waals surface area contributed by atoms with Crippen LogP contribution in [-0.2, 0) is 6.54 Å². The Morgan fingerprint density at radius 1 is 1.53 bits per heavy atom. The molecule has 0 amide bonds. The van der Waals surface area contributed by atoms with Crippen LogP contribution in [0.25, 0.3) is 0 Å². The fourth-order valence-corrected chi connectivity index (χ4v) is 1.69. The highest BCUT2D eigenvalue weighted by molar-refractivity contribution is 6.28. The Bertz CT molecular complexity index is 309. The first-order chi connectivity index (χ1) is 7.24. The molecule has 3 nitrogen and oxygen atoms in total. The van der Waals surface area contributed by atoms with Crippen molar-refractivity contribution in [2.75, 3.05) is 20.1 Å². The molecule has 0 radical (unpaired) electrons. The molecule has 1 fully saturated rings. The molecule has 0 bridgehead atoms. The summed E-state index contributed by atoms with van der Waals surface area (Å²) < 4.78 is 5.30. The van der Waals surface area contributed by atoms with E-state index in [2.05, 4.69) is 17.3 Å². The van der Waals surface area contributed by atoms with Gasteiger partial charge < -0.3 is 9.73 Å².